The highest BCUT2D eigenvalue weighted by Gasteiger charge is 2.16. The Balaban J connectivity index is 2.15. The molecule has 0 spiro atoms. The summed E-state index contributed by atoms with van der Waals surface area (Å²) in [5, 5.41) is 9.82. The summed E-state index contributed by atoms with van der Waals surface area (Å²) >= 11 is 5.13. The number of hydrogen-bond acceptors (Lipinski definition) is 3. The molecule has 0 aliphatic rings. The number of rotatable bonds is 4. The summed E-state index contributed by atoms with van der Waals surface area (Å²) in [6.45, 7) is 4.59. The minimum atomic E-state index is -0.208. The van der Waals surface area contributed by atoms with Gasteiger partial charge in [-0.1, -0.05) is 18.2 Å². The molecule has 6 heteroatoms. The summed E-state index contributed by atoms with van der Waals surface area (Å²) in [5.74, 6) is 0.612. The molecule has 100 valence electrons. The first-order chi connectivity index (χ1) is 9.13. The molecule has 0 fully saturated rings. The molecule has 1 aromatic carbocycles. The van der Waals surface area contributed by atoms with Gasteiger partial charge in [-0.2, -0.15) is 5.10 Å². The van der Waals surface area contributed by atoms with E-state index in [2.05, 4.69) is 15.5 Å². The standard InChI is InChI=1S/C13H16N4OS/c1-3-17-11(15-16-13(17)19)9(2)14-12(18)10-7-5-4-6-8-10/h4-9H,3H2,1-2H3,(H,14,18)(H,16,19). The van der Waals surface area contributed by atoms with Crippen molar-refractivity contribution >= 4 is 18.1 Å². The summed E-state index contributed by atoms with van der Waals surface area (Å²) in [6, 6.07) is 8.89. The first-order valence-electron chi connectivity index (χ1n) is 6.14. The summed E-state index contributed by atoms with van der Waals surface area (Å²) in [4.78, 5) is 12.1. The lowest BCUT2D eigenvalue weighted by Crippen LogP contribution is -2.28. The molecule has 2 aromatic rings. The average Bonchev–Trinajstić information content (AvgIpc) is 2.80. The highest BCUT2D eigenvalue weighted by atomic mass is 32.1. The van der Waals surface area contributed by atoms with Gasteiger partial charge in [0, 0.05) is 12.1 Å². The quantitative estimate of drug-likeness (QED) is 0.843. The number of carbonyl (C=O) groups excluding carboxylic acids is 1. The van der Waals surface area contributed by atoms with Crippen LogP contribution in [0.3, 0.4) is 0 Å². The van der Waals surface area contributed by atoms with Gasteiger partial charge in [-0.15, -0.1) is 0 Å². The van der Waals surface area contributed by atoms with Gasteiger partial charge in [0.2, 0.25) is 0 Å². The van der Waals surface area contributed by atoms with Gasteiger partial charge in [0.25, 0.3) is 5.91 Å². The van der Waals surface area contributed by atoms with E-state index >= 15 is 0 Å². The van der Waals surface area contributed by atoms with Crippen molar-refractivity contribution in [2.45, 2.75) is 26.4 Å². The number of amides is 1. The van der Waals surface area contributed by atoms with E-state index in [0.717, 1.165) is 12.4 Å². The molecule has 2 rings (SSSR count). The summed E-state index contributed by atoms with van der Waals surface area (Å²) in [5.41, 5.74) is 0.631. The zero-order valence-electron chi connectivity index (χ0n) is 10.9. The second kappa shape index (κ2) is 5.79. The molecule has 0 aliphatic carbocycles. The normalized spacial score (nSPS) is 12.1. The fourth-order valence-electron chi connectivity index (χ4n) is 1.90. The molecule has 1 heterocycles. The van der Waals surface area contributed by atoms with Gasteiger partial charge in [0.15, 0.2) is 10.6 Å². The summed E-state index contributed by atoms with van der Waals surface area (Å²) < 4.78 is 2.43. The van der Waals surface area contributed by atoms with Crippen LogP contribution in [0.2, 0.25) is 0 Å². The topological polar surface area (TPSA) is 62.7 Å². The third-order valence-corrected chi connectivity index (χ3v) is 3.19. The SMILES string of the molecule is CCn1c(C(C)NC(=O)c2ccccc2)n[nH]c1=S. The Kier molecular flexibility index (Phi) is 4.11. The molecule has 5 nitrogen and oxygen atoms in total. The fraction of sp³-hybridized carbons (Fsp3) is 0.308. The first kappa shape index (κ1) is 13.5. The van der Waals surface area contributed by atoms with E-state index < -0.39 is 0 Å². The molecule has 1 aromatic heterocycles. The van der Waals surface area contributed by atoms with Crippen molar-refractivity contribution in [2.24, 2.45) is 0 Å². The maximum atomic E-state index is 12.1. The number of H-pyrrole nitrogens is 1. The lowest BCUT2D eigenvalue weighted by Gasteiger charge is -2.14. The Morgan fingerprint density at radius 3 is 2.79 bits per heavy atom. The van der Waals surface area contributed by atoms with Crippen LogP contribution in [0.4, 0.5) is 0 Å². The van der Waals surface area contributed by atoms with Crippen LogP contribution < -0.4 is 5.32 Å². The van der Waals surface area contributed by atoms with Crippen LogP contribution in [0, 0.1) is 4.77 Å². The third-order valence-electron chi connectivity index (χ3n) is 2.87. The number of carbonyl (C=O) groups is 1. The minimum absolute atomic E-state index is 0.121. The molecule has 1 atom stereocenters. The Morgan fingerprint density at radius 2 is 2.16 bits per heavy atom. The molecule has 0 radical (unpaired) electrons. The average molecular weight is 276 g/mol. The lowest BCUT2D eigenvalue weighted by molar-refractivity contribution is 0.0937. The molecular formula is C13H16N4OS. The van der Waals surface area contributed by atoms with Crippen molar-refractivity contribution in [3.63, 3.8) is 0 Å². The van der Waals surface area contributed by atoms with E-state index in [0.29, 0.717) is 10.3 Å². The molecule has 1 amide bonds. The second-order valence-corrected chi connectivity index (χ2v) is 4.58. The Bertz CT molecular complexity index is 617. The number of hydrogen-bond donors (Lipinski definition) is 2. The molecule has 0 saturated heterocycles. The Hall–Kier alpha value is -1.95. The molecular weight excluding hydrogens is 260 g/mol. The molecule has 0 saturated carbocycles. The number of nitrogens with one attached hydrogen (secondary N) is 2. The molecule has 19 heavy (non-hydrogen) atoms. The monoisotopic (exact) mass is 276 g/mol. The largest absolute Gasteiger partial charge is 0.342 e. The third kappa shape index (κ3) is 2.90. The molecule has 1 unspecified atom stereocenters. The van der Waals surface area contributed by atoms with Gasteiger partial charge in [0.1, 0.15) is 0 Å². The highest BCUT2D eigenvalue weighted by Crippen LogP contribution is 2.11. The number of nitrogens with zero attached hydrogens (tertiary/aromatic N) is 2. The van der Waals surface area contributed by atoms with Gasteiger partial charge < -0.3 is 9.88 Å². The minimum Gasteiger partial charge on any atom is -0.342 e. The molecule has 0 bridgehead atoms. The van der Waals surface area contributed by atoms with E-state index in [1.54, 1.807) is 12.1 Å². The van der Waals surface area contributed by atoms with Gasteiger partial charge in [0.05, 0.1) is 6.04 Å². The summed E-state index contributed by atoms with van der Waals surface area (Å²) in [7, 11) is 0. The van der Waals surface area contributed by atoms with Crippen molar-refractivity contribution in [1.29, 1.82) is 0 Å². The maximum Gasteiger partial charge on any atom is 0.251 e. The van der Waals surface area contributed by atoms with Crippen LogP contribution in [0.5, 0.6) is 0 Å². The van der Waals surface area contributed by atoms with Crippen LogP contribution >= 0.6 is 12.2 Å². The lowest BCUT2D eigenvalue weighted by atomic mass is 10.2. The summed E-state index contributed by atoms with van der Waals surface area (Å²) in [6.07, 6.45) is 0. The van der Waals surface area contributed by atoms with Crippen molar-refractivity contribution < 1.29 is 4.79 Å². The Morgan fingerprint density at radius 1 is 1.47 bits per heavy atom. The van der Waals surface area contributed by atoms with Gasteiger partial charge in [-0.05, 0) is 38.2 Å². The van der Waals surface area contributed by atoms with Crippen molar-refractivity contribution in [3.05, 3.63) is 46.5 Å². The smallest absolute Gasteiger partial charge is 0.251 e. The fourth-order valence-corrected chi connectivity index (χ4v) is 2.17. The molecule has 0 aliphatic heterocycles. The van der Waals surface area contributed by atoms with E-state index in [1.807, 2.05) is 36.6 Å². The number of aromatic nitrogens is 3. The van der Waals surface area contributed by atoms with Crippen LogP contribution in [0.1, 0.15) is 36.1 Å². The predicted molar refractivity (Wildman–Crippen MR) is 75.4 cm³/mol. The van der Waals surface area contributed by atoms with E-state index in [1.165, 1.54) is 0 Å². The van der Waals surface area contributed by atoms with Gasteiger partial charge >= 0.3 is 0 Å². The van der Waals surface area contributed by atoms with Crippen molar-refractivity contribution in [2.75, 3.05) is 0 Å². The zero-order valence-corrected chi connectivity index (χ0v) is 11.7. The first-order valence-corrected chi connectivity index (χ1v) is 6.55. The molecule has 2 N–H and O–H groups in total. The number of benzene rings is 1. The maximum absolute atomic E-state index is 12.1. The van der Waals surface area contributed by atoms with E-state index in [9.17, 15) is 4.79 Å². The van der Waals surface area contributed by atoms with Crippen molar-refractivity contribution in [3.8, 4) is 0 Å². The van der Waals surface area contributed by atoms with E-state index in [-0.39, 0.29) is 11.9 Å². The predicted octanol–water partition coefficient (Wildman–Crippen LogP) is 2.45. The zero-order chi connectivity index (χ0) is 13.8. The van der Waals surface area contributed by atoms with Crippen LogP contribution in [-0.2, 0) is 6.54 Å². The van der Waals surface area contributed by atoms with Gasteiger partial charge in [-0.3, -0.25) is 9.89 Å². The van der Waals surface area contributed by atoms with Crippen LogP contribution in [0.15, 0.2) is 30.3 Å². The second-order valence-electron chi connectivity index (χ2n) is 4.19. The van der Waals surface area contributed by atoms with Crippen molar-refractivity contribution in [1.82, 2.24) is 20.1 Å². The van der Waals surface area contributed by atoms with Crippen LogP contribution in [0.25, 0.3) is 0 Å². The number of aromatic amines is 1. The highest BCUT2D eigenvalue weighted by molar-refractivity contribution is 7.71. The van der Waals surface area contributed by atoms with Gasteiger partial charge in [-0.25, -0.2) is 0 Å². The Labute approximate surface area is 116 Å². The van der Waals surface area contributed by atoms with Crippen LogP contribution in [-0.4, -0.2) is 20.7 Å². The van der Waals surface area contributed by atoms with E-state index in [4.69, 9.17) is 12.2 Å².